The third kappa shape index (κ3) is 4.77. The van der Waals surface area contributed by atoms with Crippen LogP contribution >= 0.6 is 0 Å². The maximum absolute atomic E-state index is 13.4. The first-order valence-electron chi connectivity index (χ1n) is 10.9. The molecule has 1 atom stereocenters. The van der Waals surface area contributed by atoms with Gasteiger partial charge in [-0.15, -0.1) is 0 Å². The molecule has 1 aromatic heterocycles. The largest absolute Gasteiger partial charge is 0.369 e. The fourth-order valence-electron chi connectivity index (χ4n) is 3.69. The van der Waals surface area contributed by atoms with E-state index in [-0.39, 0.29) is 16.6 Å². The van der Waals surface area contributed by atoms with Crippen molar-refractivity contribution < 1.29 is 13.2 Å². The highest BCUT2D eigenvalue weighted by molar-refractivity contribution is 7.89. The number of sulfonamides is 1. The Kier molecular flexibility index (Phi) is 7.06. The molecular formula is C22H33N5O3S. The van der Waals surface area contributed by atoms with Crippen molar-refractivity contribution in [3.8, 4) is 0 Å². The van der Waals surface area contributed by atoms with E-state index in [2.05, 4.69) is 41.3 Å². The quantitative estimate of drug-likeness (QED) is 0.705. The van der Waals surface area contributed by atoms with Crippen LogP contribution in [0.5, 0.6) is 0 Å². The zero-order valence-electron chi connectivity index (χ0n) is 19.1. The van der Waals surface area contributed by atoms with E-state index in [0.717, 1.165) is 12.1 Å². The summed E-state index contributed by atoms with van der Waals surface area (Å²) in [6, 6.07) is 6.14. The summed E-state index contributed by atoms with van der Waals surface area (Å²) in [6.45, 7) is 12.3. The van der Waals surface area contributed by atoms with Crippen LogP contribution in [0, 0.1) is 13.8 Å². The molecule has 9 heteroatoms. The Labute approximate surface area is 185 Å². The minimum atomic E-state index is -3.88. The molecule has 0 aliphatic carbocycles. The van der Waals surface area contributed by atoms with E-state index in [4.69, 9.17) is 0 Å². The van der Waals surface area contributed by atoms with Gasteiger partial charge in [0.1, 0.15) is 0 Å². The monoisotopic (exact) mass is 447 g/mol. The summed E-state index contributed by atoms with van der Waals surface area (Å²) in [4.78, 5) is 15.0. The van der Waals surface area contributed by atoms with Crippen LogP contribution in [-0.2, 0) is 16.6 Å². The van der Waals surface area contributed by atoms with Crippen LogP contribution in [0.1, 0.15) is 48.7 Å². The molecule has 1 saturated heterocycles. The van der Waals surface area contributed by atoms with E-state index in [1.807, 2.05) is 26.8 Å². The molecule has 170 valence electrons. The van der Waals surface area contributed by atoms with Crippen molar-refractivity contribution in [3.05, 3.63) is 41.1 Å². The van der Waals surface area contributed by atoms with E-state index in [0.29, 0.717) is 32.7 Å². The van der Waals surface area contributed by atoms with Crippen molar-refractivity contribution in [1.29, 1.82) is 0 Å². The lowest BCUT2D eigenvalue weighted by Crippen LogP contribution is -2.49. The van der Waals surface area contributed by atoms with Crippen LogP contribution in [0.4, 0.5) is 5.69 Å². The Morgan fingerprint density at radius 2 is 1.84 bits per heavy atom. The molecule has 8 nitrogen and oxygen atoms in total. The Morgan fingerprint density at radius 3 is 2.45 bits per heavy atom. The summed E-state index contributed by atoms with van der Waals surface area (Å²) in [5, 5.41) is 6.94. The zero-order chi connectivity index (χ0) is 22.8. The maximum atomic E-state index is 13.4. The van der Waals surface area contributed by atoms with Crippen molar-refractivity contribution in [2.75, 3.05) is 31.1 Å². The van der Waals surface area contributed by atoms with Crippen LogP contribution in [-0.4, -0.2) is 60.6 Å². The number of amides is 1. The Morgan fingerprint density at radius 1 is 1.16 bits per heavy atom. The summed E-state index contributed by atoms with van der Waals surface area (Å²) in [5.74, 6) is -0.401. The van der Waals surface area contributed by atoms with Gasteiger partial charge in [-0.3, -0.25) is 9.48 Å². The van der Waals surface area contributed by atoms with Crippen LogP contribution in [0.3, 0.4) is 0 Å². The summed E-state index contributed by atoms with van der Waals surface area (Å²) < 4.78 is 29.8. The zero-order valence-corrected chi connectivity index (χ0v) is 19.9. The molecule has 3 rings (SSSR count). The molecule has 2 aromatic rings. The average Bonchev–Trinajstić information content (AvgIpc) is 3.21. The second-order valence-corrected chi connectivity index (χ2v) is 9.95. The van der Waals surface area contributed by atoms with Crippen molar-refractivity contribution in [3.63, 3.8) is 0 Å². The first kappa shape index (κ1) is 23.3. The Hall–Kier alpha value is -2.39. The fraction of sp³-hybridized carbons (Fsp3) is 0.545. The molecule has 1 aliphatic heterocycles. The molecule has 2 heterocycles. The third-order valence-corrected chi connectivity index (χ3v) is 7.86. The predicted molar refractivity (Wildman–Crippen MR) is 122 cm³/mol. The molecule has 1 amide bonds. The summed E-state index contributed by atoms with van der Waals surface area (Å²) in [6.07, 6.45) is 2.28. The number of benzene rings is 1. The highest BCUT2D eigenvalue weighted by atomic mass is 32.2. The van der Waals surface area contributed by atoms with Crippen LogP contribution in [0.15, 0.2) is 29.4 Å². The number of nitrogens with one attached hydrogen (secondary N) is 1. The van der Waals surface area contributed by atoms with Crippen molar-refractivity contribution in [2.45, 2.75) is 58.7 Å². The van der Waals surface area contributed by atoms with Gasteiger partial charge in [0.05, 0.1) is 5.56 Å². The number of hydrogen-bond acceptors (Lipinski definition) is 5. The van der Waals surface area contributed by atoms with Crippen LogP contribution < -0.4 is 10.2 Å². The maximum Gasteiger partial charge on any atom is 0.263 e. The second-order valence-electron chi connectivity index (χ2n) is 8.10. The van der Waals surface area contributed by atoms with Gasteiger partial charge in [0.2, 0.25) is 5.03 Å². The SMILES string of the molecule is CC[C@H](C)NC(=O)c1cn(CC)nc1S(=O)(=O)N1CCN(c2cccc(C)c2C)CC1. The minimum Gasteiger partial charge on any atom is -0.369 e. The van der Waals surface area contributed by atoms with Crippen molar-refractivity contribution >= 4 is 21.6 Å². The van der Waals surface area contributed by atoms with E-state index >= 15 is 0 Å². The molecular weight excluding hydrogens is 414 g/mol. The van der Waals surface area contributed by atoms with Gasteiger partial charge in [0.15, 0.2) is 0 Å². The van der Waals surface area contributed by atoms with Gasteiger partial charge in [-0.2, -0.15) is 9.40 Å². The first-order chi connectivity index (χ1) is 14.7. The van der Waals surface area contributed by atoms with E-state index in [9.17, 15) is 13.2 Å². The molecule has 0 spiro atoms. The van der Waals surface area contributed by atoms with Gasteiger partial charge in [-0.1, -0.05) is 19.1 Å². The Bertz CT molecular complexity index is 1040. The van der Waals surface area contributed by atoms with Gasteiger partial charge < -0.3 is 10.2 Å². The minimum absolute atomic E-state index is 0.0471. The second kappa shape index (κ2) is 9.40. The number of aromatic nitrogens is 2. The predicted octanol–water partition coefficient (Wildman–Crippen LogP) is 2.56. The summed E-state index contributed by atoms with van der Waals surface area (Å²) in [7, 11) is -3.88. The Balaban J connectivity index is 1.82. The first-order valence-corrected chi connectivity index (χ1v) is 12.3. The number of carbonyl (C=O) groups excluding carboxylic acids is 1. The molecule has 1 fully saturated rings. The lowest BCUT2D eigenvalue weighted by Gasteiger charge is -2.36. The summed E-state index contributed by atoms with van der Waals surface area (Å²) in [5.41, 5.74) is 3.68. The van der Waals surface area contributed by atoms with E-state index < -0.39 is 15.9 Å². The number of carbonyl (C=O) groups is 1. The average molecular weight is 448 g/mol. The number of aryl methyl sites for hydroxylation is 2. The number of piperazine rings is 1. The molecule has 1 aromatic carbocycles. The molecule has 0 unspecified atom stereocenters. The molecule has 0 radical (unpaired) electrons. The van der Waals surface area contributed by atoms with Gasteiger partial charge in [0, 0.05) is 50.6 Å². The van der Waals surface area contributed by atoms with Crippen LogP contribution in [0.2, 0.25) is 0 Å². The highest BCUT2D eigenvalue weighted by Gasteiger charge is 2.35. The third-order valence-electron chi connectivity index (χ3n) is 6.03. The van der Waals surface area contributed by atoms with Gasteiger partial charge in [-0.25, -0.2) is 8.42 Å². The van der Waals surface area contributed by atoms with Crippen molar-refractivity contribution in [1.82, 2.24) is 19.4 Å². The molecule has 1 aliphatic rings. The number of rotatable bonds is 7. The van der Waals surface area contributed by atoms with Gasteiger partial charge in [0.25, 0.3) is 15.9 Å². The topological polar surface area (TPSA) is 87.5 Å². The highest BCUT2D eigenvalue weighted by Crippen LogP contribution is 2.26. The molecule has 1 N–H and O–H groups in total. The van der Waals surface area contributed by atoms with E-state index in [1.165, 1.54) is 26.3 Å². The number of hydrogen-bond donors (Lipinski definition) is 1. The van der Waals surface area contributed by atoms with Gasteiger partial charge in [-0.05, 0) is 51.3 Å². The normalized spacial score (nSPS) is 16.4. The standard InChI is InChI=1S/C22H33N5O3S/c1-6-17(4)23-21(28)19-15-26(7-2)24-22(19)31(29,30)27-13-11-25(12-14-27)20-10-8-9-16(3)18(20)5/h8-10,15,17H,6-7,11-14H2,1-5H3,(H,23,28)/t17-/m0/s1. The number of anilines is 1. The number of nitrogens with zero attached hydrogens (tertiary/aromatic N) is 4. The van der Waals surface area contributed by atoms with Crippen LogP contribution in [0.25, 0.3) is 0 Å². The van der Waals surface area contributed by atoms with Gasteiger partial charge >= 0.3 is 0 Å². The molecule has 0 saturated carbocycles. The lowest BCUT2D eigenvalue weighted by molar-refractivity contribution is 0.0935. The van der Waals surface area contributed by atoms with Crippen molar-refractivity contribution in [2.24, 2.45) is 0 Å². The molecule has 31 heavy (non-hydrogen) atoms. The fourth-order valence-corrected chi connectivity index (χ4v) is 5.21. The lowest BCUT2D eigenvalue weighted by atomic mass is 10.1. The summed E-state index contributed by atoms with van der Waals surface area (Å²) >= 11 is 0. The molecule has 0 bridgehead atoms. The smallest absolute Gasteiger partial charge is 0.263 e. The van der Waals surface area contributed by atoms with E-state index in [1.54, 1.807) is 0 Å².